The molecule has 112 valence electrons. The summed E-state index contributed by atoms with van der Waals surface area (Å²) in [4.78, 5) is 24.0. The van der Waals surface area contributed by atoms with Crippen LogP contribution in [0.25, 0.3) is 0 Å². The molecule has 0 heterocycles. The molecule has 4 rings (SSSR count). The van der Waals surface area contributed by atoms with E-state index in [1.165, 1.54) is 13.2 Å². The third-order valence-corrected chi connectivity index (χ3v) is 5.20. The van der Waals surface area contributed by atoms with Gasteiger partial charge in [-0.05, 0) is 36.8 Å². The molecular weight excluding hydrogens is 278 g/mol. The van der Waals surface area contributed by atoms with Crippen molar-refractivity contribution < 1.29 is 23.1 Å². The molecule has 3 nitrogen and oxygen atoms in total. The Balaban J connectivity index is 1.75. The first-order chi connectivity index (χ1) is 9.83. The normalized spacial score (nSPS) is 30.9. The first-order valence-corrected chi connectivity index (χ1v) is 6.91. The van der Waals surface area contributed by atoms with E-state index in [1.54, 1.807) is 6.92 Å². The number of hydrogen-bond acceptors (Lipinski definition) is 3. The van der Waals surface area contributed by atoms with Crippen molar-refractivity contribution in [1.82, 2.24) is 0 Å². The highest BCUT2D eigenvalue weighted by Crippen LogP contribution is 2.76. The number of rotatable bonds is 4. The van der Waals surface area contributed by atoms with E-state index >= 15 is 0 Å². The van der Waals surface area contributed by atoms with Gasteiger partial charge in [-0.15, -0.1) is 0 Å². The van der Waals surface area contributed by atoms with Crippen LogP contribution in [-0.4, -0.2) is 18.9 Å². The summed E-state index contributed by atoms with van der Waals surface area (Å²) >= 11 is 0. The first kappa shape index (κ1) is 14.2. The number of halogens is 2. The Morgan fingerprint density at radius 1 is 1.24 bits per heavy atom. The minimum atomic E-state index is -0.832. The third kappa shape index (κ3) is 1.83. The van der Waals surface area contributed by atoms with Crippen LogP contribution in [0.3, 0.4) is 0 Å². The summed E-state index contributed by atoms with van der Waals surface area (Å²) in [5.74, 6) is -2.47. The van der Waals surface area contributed by atoms with Crippen molar-refractivity contribution in [2.45, 2.75) is 26.2 Å². The second-order valence-electron chi connectivity index (χ2n) is 6.37. The Hall–Kier alpha value is -1.78. The van der Waals surface area contributed by atoms with Gasteiger partial charge < -0.3 is 4.74 Å². The number of ketones is 1. The van der Waals surface area contributed by atoms with Gasteiger partial charge in [0.15, 0.2) is 5.78 Å². The summed E-state index contributed by atoms with van der Waals surface area (Å²) in [6.07, 6.45) is 1.84. The van der Waals surface area contributed by atoms with Crippen LogP contribution in [0.1, 0.15) is 36.5 Å². The molecule has 0 radical (unpaired) electrons. The molecule has 1 atom stereocenters. The van der Waals surface area contributed by atoms with Crippen molar-refractivity contribution in [2.75, 3.05) is 7.11 Å². The maximum atomic E-state index is 13.7. The van der Waals surface area contributed by atoms with E-state index in [4.69, 9.17) is 4.74 Å². The zero-order chi connectivity index (χ0) is 15.4. The summed E-state index contributed by atoms with van der Waals surface area (Å²) in [6, 6.07) is 2.99. The summed E-state index contributed by atoms with van der Waals surface area (Å²) in [6.45, 7) is 1.76. The van der Waals surface area contributed by atoms with E-state index in [9.17, 15) is 18.4 Å². The van der Waals surface area contributed by atoms with E-state index in [2.05, 4.69) is 0 Å². The van der Waals surface area contributed by atoms with Gasteiger partial charge in [-0.25, -0.2) is 8.78 Å². The molecule has 1 aromatic rings. The van der Waals surface area contributed by atoms with E-state index in [-0.39, 0.29) is 28.6 Å². The highest BCUT2D eigenvalue weighted by atomic mass is 19.1. The van der Waals surface area contributed by atoms with E-state index in [0.29, 0.717) is 19.3 Å². The molecule has 5 heteroatoms. The van der Waals surface area contributed by atoms with Gasteiger partial charge in [0.25, 0.3) is 0 Å². The predicted octanol–water partition coefficient (Wildman–Crippen LogP) is 3.13. The SMILES string of the molecule is COC(=O)C12CC(C(C)C(=O)c3ccc(F)cc3F)(C1)C2. The Kier molecular flexibility index (Phi) is 2.94. The van der Waals surface area contributed by atoms with E-state index < -0.39 is 17.0 Å². The van der Waals surface area contributed by atoms with Crippen molar-refractivity contribution in [3.8, 4) is 0 Å². The maximum Gasteiger partial charge on any atom is 0.311 e. The lowest BCUT2D eigenvalue weighted by Crippen LogP contribution is -2.68. The number of hydrogen-bond donors (Lipinski definition) is 0. The number of methoxy groups -OCH3 is 1. The minimum Gasteiger partial charge on any atom is -0.469 e. The molecule has 3 fully saturated rings. The zero-order valence-corrected chi connectivity index (χ0v) is 11.9. The Morgan fingerprint density at radius 2 is 1.86 bits per heavy atom. The molecule has 3 aliphatic carbocycles. The number of ether oxygens (including phenoxy) is 1. The van der Waals surface area contributed by atoms with E-state index in [0.717, 1.165) is 12.1 Å². The molecule has 1 unspecified atom stereocenters. The van der Waals surface area contributed by atoms with Crippen LogP contribution < -0.4 is 0 Å². The lowest BCUT2D eigenvalue weighted by molar-refractivity contribution is -0.236. The third-order valence-electron chi connectivity index (χ3n) is 5.20. The number of carbonyl (C=O) groups is 2. The molecule has 21 heavy (non-hydrogen) atoms. The number of esters is 1. The van der Waals surface area contributed by atoms with Crippen molar-refractivity contribution >= 4 is 11.8 Å². The molecule has 0 N–H and O–H groups in total. The van der Waals surface area contributed by atoms with Crippen LogP contribution in [0.5, 0.6) is 0 Å². The number of benzene rings is 1. The highest BCUT2D eigenvalue weighted by molar-refractivity contribution is 5.99. The smallest absolute Gasteiger partial charge is 0.311 e. The summed E-state index contributed by atoms with van der Waals surface area (Å²) in [5.41, 5.74) is -0.739. The summed E-state index contributed by atoms with van der Waals surface area (Å²) in [5, 5.41) is 0. The lowest BCUT2D eigenvalue weighted by atomic mass is 9.32. The molecule has 2 bridgehead atoms. The van der Waals surface area contributed by atoms with Gasteiger partial charge in [0, 0.05) is 12.0 Å². The molecule has 0 spiro atoms. The molecule has 0 aromatic heterocycles. The Bertz CT molecular complexity index is 619. The van der Waals surface area contributed by atoms with Crippen molar-refractivity contribution in [3.63, 3.8) is 0 Å². The molecule has 3 aliphatic rings. The largest absolute Gasteiger partial charge is 0.469 e. The van der Waals surface area contributed by atoms with Gasteiger partial charge in [-0.3, -0.25) is 9.59 Å². The van der Waals surface area contributed by atoms with Gasteiger partial charge >= 0.3 is 5.97 Å². The van der Waals surface area contributed by atoms with Crippen LogP contribution >= 0.6 is 0 Å². The molecule has 0 saturated heterocycles. The van der Waals surface area contributed by atoms with Crippen LogP contribution in [0.15, 0.2) is 18.2 Å². The first-order valence-electron chi connectivity index (χ1n) is 6.91. The van der Waals surface area contributed by atoms with Gasteiger partial charge in [0.1, 0.15) is 11.6 Å². The fraction of sp³-hybridized carbons (Fsp3) is 0.500. The summed E-state index contributed by atoms with van der Waals surface area (Å²) in [7, 11) is 1.36. The number of Topliss-reactive ketones (excluding diaryl/α,β-unsaturated/α-hetero) is 1. The zero-order valence-electron chi connectivity index (χ0n) is 11.9. The number of carbonyl (C=O) groups excluding carboxylic acids is 2. The average Bonchev–Trinajstić information content (AvgIpc) is 2.34. The van der Waals surface area contributed by atoms with Crippen molar-refractivity contribution in [3.05, 3.63) is 35.4 Å². The molecular formula is C16H16F2O3. The molecule has 0 amide bonds. The standard InChI is InChI=1S/C16H16F2O3/c1-9(13(19)11-4-3-10(17)5-12(11)18)15-6-16(7-15,8-15)14(20)21-2/h3-5,9H,6-8H2,1-2H3. The molecule has 0 aliphatic heterocycles. The summed E-state index contributed by atoms with van der Waals surface area (Å²) < 4.78 is 31.4. The van der Waals surface area contributed by atoms with Gasteiger partial charge in [-0.2, -0.15) is 0 Å². The second kappa shape index (κ2) is 4.36. The highest BCUT2D eigenvalue weighted by Gasteiger charge is 2.74. The monoisotopic (exact) mass is 294 g/mol. The van der Waals surface area contributed by atoms with Crippen molar-refractivity contribution in [1.29, 1.82) is 0 Å². The van der Waals surface area contributed by atoms with Crippen LogP contribution in [0.2, 0.25) is 0 Å². The van der Waals surface area contributed by atoms with Crippen molar-refractivity contribution in [2.24, 2.45) is 16.7 Å². The van der Waals surface area contributed by atoms with Gasteiger partial charge in [0.2, 0.25) is 0 Å². The lowest BCUT2D eigenvalue weighted by Gasteiger charge is -2.70. The van der Waals surface area contributed by atoms with Gasteiger partial charge in [0.05, 0.1) is 18.1 Å². The second-order valence-corrected chi connectivity index (χ2v) is 6.37. The topological polar surface area (TPSA) is 43.4 Å². The van der Waals surface area contributed by atoms with Crippen LogP contribution in [0, 0.1) is 28.4 Å². The molecule has 3 saturated carbocycles. The van der Waals surface area contributed by atoms with Crippen LogP contribution in [0.4, 0.5) is 8.78 Å². The maximum absolute atomic E-state index is 13.7. The Morgan fingerprint density at radius 3 is 2.38 bits per heavy atom. The van der Waals surface area contributed by atoms with Gasteiger partial charge in [-0.1, -0.05) is 6.92 Å². The average molecular weight is 294 g/mol. The fourth-order valence-corrected chi connectivity index (χ4v) is 3.96. The van der Waals surface area contributed by atoms with E-state index in [1.807, 2.05) is 0 Å². The minimum absolute atomic E-state index is 0.0826. The molecule has 1 aromatic carbocycles. The Labute approximate surface area is 121 Å². The fourth-order valence-electron chi connectivity index (χ4n) is 3.96. The predicted molar refractivity (Wildman–Crippen MR) is 70.6 cm³/mol. The van der Waals surface area contributed by atoms with Crippen LogP contribution in [-0.2, 0) is 9.53 Å². The quantitative estimate of drug-likeness (QED) is 0.633.